The minimum atomic E-state index is -2.49. The lowest BCUT2D eigenvalue weighted by molar-refractivity contribution is 0.116. The van der Waals surface area contributed by atoms with E-state index in [-0.39, 0.29) is 6.42 Å². The summed E-state index contributed by atoms with van der Waals surface area (Å²) in [6.45, 7) is 1.90. The molecule has 0 aromatic heterocycles. The molecule has 2 N–H and O–H groups in total. The van der Waals surface area contributed by atoms with Crippen LogP contribution < -0.4 is 10.5 Å². The number of halogens is 2. The molecule has 15 heavy (non-hydrogen) atoms. The van der Waals surface area contributed by atoms with Crippen LogP contribution >= 0.6 is 0 Å². The van der Waals surface area contributed by atoms with Gasteiger partial charge in [-0.25, -0.2) is 8.78 Å². The summed E-state index contributed by atoms with van der Waals surface area (Å²) in [6, 6.07) is 4.27. The molecule has 2 nitrogen and oxygen atoms in total. The van der Waals surface area contributed by atoms with Crippen molar-refractivity contribution < 1.29 is 13.5 Å². The zero-order valence-corrected chi connectivity index (χ0v) is 8.84. The predicted octanol–water partition coefficient (Wildman–Crippen LogP) is 2.14. The van der Waals surface area contributed by atoms with Crippen LogP contribution in [-0.2, 0) is 6.42 Å². The molecule has 0 aliphatic rings. The van der Waals surface area contributed by atoms with Gasteiger partial charge in [0.25, 0.3) is 6.43 Å². The van der Waals surface area contributed by atoms with Crippen molar-refractivity contribution in [2.45, 2.75) is 25.8 Å². The molecule has 1 rings (SSSR count). The Balaban J connectivity index is 2.78. The average molecular weight is 215 g/mol. The van der Waals surface area contributed by atoms with Gasteiger partial charge in [-0.05, 0) is 30.5 Å². The zero-order valence-electron chi connectivity index (χ0n) is 8.84. The van der Waals surface area contributed by atoms with Crippen LogP contribution in [0.4, 0.5) is 8.78 Å². The topological polar surface area (TPSA) is 35.2 Å². The van der Waals surface area contributed by atoms with Crippen molar-refractivity contribution in [2.24, 2.45) is 5.73 Å². The molecule has 4 heteroatoms. The maximum Gasteiger partial charge on any atom is 0.253 e. The Hall–Kier alpha value is -1.16. The summed E-state index contributed by atoms with van der Waals surface area (Å²) >= 11 is 0. The molecule has 0 fully saturated rings. The standard InChI is InChI=1S/C11H15F2NO/c1-7-3-4-8(6-10(7)15-2)5-9(14)11(12)13/h3-4,6,9,11H,5,14H2,1-2H3. The first-order chi connectivity index (χ1) is 7.04. The highest BCUT2D eigenvalue weighted by molar-refractivity contribution is 5.36. The van der Waals surface area contributed by atoms with Gasteiger partial charge in [0.05, 0.1) is 13.2 Å². The van der Waals surface area contributed by atoms with Gasteiger partial charge in [0.1, 0.15) is 5.75 Å². The van der Waals surface area contributed by atoms with E-state index in [9.17, 15) is 8.78 Å². The smallest absolute Gasteiger partial charge is 0.253 e. The Kier molecular flexibility index (Phi) is 4.03. The highest BCUT2D eigenvalue weighted by Gasteiger charge is 2.15. The highest BCUT2D eigenvalue weighted by Crippen LogP contribution is 2.20. The summed E-state index contributed by atoms with van der Waals surface area (Å²) in [5, 5.41) is 0. The van der Waals surface area contributed by atoms with Crippen LogP contribution in [-0.4, -0.2) is 19.6 Å². The number of methoxy groups -OCH3 is 1. The fourth-order valence-electron chi connectivity index (χ4n) is 1.35. The Morgan fingerprint density at radius 3 is 2.60 bits per heavy atom. The third kappa shape index (κ3) is 3.16. The first-order valence-electron chi connectivity index (χ1n) is 4.72. The number of benzene rings is 1. The summed E-state index contributed by atoms with van der Waals surface area (Å²) in [6.07, 6.45) is -2.33. The van der Waals surface area contributed by atoms with E-state index in [1.165, 1.54) is 0 Å². The first kappa shape index (κ1) is 11.9. The lowest BCUT2D eigenvalue weighted by Crippen LogP contribution is -2.30. The third-order valence-corrected chi connectivity index (χ3v) is 2.27. The number of aryl methyl sites for hydroxylation is 1. The minimum absolute atomic E-state index is 0.161. The first-order valence-corrected chi connectivity index (χ1v) is 4.72. The van der Waals surface area contributed by atoms with Crippen molar-refractivity contribution in [3.05, 3.63) is 29.3 Å². The molecule has 0 bridgehead atoms. The van der Waals surface area contributed by atoms with Crippen LogP contribution in [0.25, 0.3) is 0 Å². The van der Waals surface area contributed by atoms with Crippen molar-refractivity contribution in [1.82, 2.24) is 0 Å². The number of nitrogens with two attached hydrogens (primary N) is 1. The van der Waals surface area contributed by atoms with E-state index >= 15 is 0 Å². The van der Waals surface area contributed by atoms with Gasteiger partial charge in [0, 0.05) is 0 Å². The number of ether oxygens (including phenoxy) is 1. The molecule has 0 radical (unpaired) electrons. The van der Waals surface area contributed by atoms with E-state index in [0.29, 0.717) is 5.75 Å². The lowest BCUT2D eigenvalue weighted by Gasteiger charge is -2.12. The molecule has 84 valence electrons. The van der Waals surface area contributed by atoms with Crippen LogP contribution in [0.3, 0.4) is 0 Å². The zero-order chi connectivity index (χ0) is 11.4. The Labute approximate surface area is 88.0 Å². The normalized spacial score (nSPS) is 12.9. The van der Waals surface area contributed by atoms with Crippen molar-refractivity contribution >= 4 is 0 Å². The fraction of sp³-hybridized carbons (Fsp3) is 0.455. The van der Waals surface area contributed by atoms with Gasteiger partial charge in [-0.3, -0.25) is 0 Å². The quantitative estimate of drug-likeness (QED) is 0.835. The van der Waals surface area contributed by atoms with E-state index in [0.717, 1.165) is 11.1 Å². The molecule has 0 saturated carbocycles. The summed E-state index contributed by atoms with van der Waals surface area (Å²) in [7, 11) is 1.55. The molecule has 0 spiro atoms. The Bertz CT molecular complexity index is 328. The number of hydrogen-bond acceptors (Lipinski definition) is 2. The van der Waals surface area contributed by atoms with E-state index < -0.39 is 12.5 Å². The molecule has 1 unspecified atom stereocenters. The Morgan fingerprint density at radius 1 is 1.40 bits per heavy atom. The molecule has 1 aromatic rings. The molecule has 1 aromatic carbocycles. The van der Waals surface area contributed by atoms with Gasteiger partial charge in [-0.1, -0.05) is 12.1 Å². The van der Waals surface area contributed by atoms with Gasteiger partial charge < -0.3 is 10.5 Å². The largest absolute Gasteiger partial charge is 0.496 e. The Morgan fingerprint density at radius 2 is 2.07 bits per heavy atom. The van der Waals surface area contributed by atoms with Crippen LogP contribution in [0.1, 0.15) is 11.1 Å². The summed E-state index contributed by atoms with van der Waals surface area (Å²) in [4.78, 5) is 0. The number of rotatable bonds is 4. The molecular formula is C11H15F2NO. The molecule has 0 aliphatic carbocycles. The lowest BCUT2D eigenvalue weighted by atomic mass is 10.0. The van der Waals surface area contributed by atoms with Crippen LogP contribution in [0.2, 0.25) is 0 Å². The van der Waals surface area contributed by atoms with E-state index in [2.05, 4.69) is 0 Å². The van der Waals surface area contributed by atoms with Gasteiger partial charge in [-0.2, -0.15) is 0 Å². The molecule has 0 aliphatic heterocycles. The van der Waals surface area contributed by atoms with Gasteiger partial charge in [0.2, 0.25) is 0 Å². The van der Waals surface area contributed by atoms with Crippen molar-refractivity contribution in [1.29, 1.82) is 0 Å². The molecule has 0 saturated heterocycles. The second-order valence-corrected chi connectivity index (χ2v) is 3.51. The van der Waals surface area contributed by atoms with E-state index in [1.54, 1.807) is 19.2 Å². The van der Waals surface area contributed by atoms with Crippen molar-refractivity contribution in [3.63, 3.8) is 0 Å². The fourth-order valence-corrected chi connectivity index (χ4v) is 1.35. The average Bonchev–Trinajstić information content (AvgIpc) is 2.20. The molecule has 0 heterocycles. The summed E-state index contributed by atoms with van der Waals surface area (Å²) < 4.78 is 29.5. The van der Waals surface area contributed by atoms with Crippen molar-refractivity contribution in [2.75, 3.05) is 7.11 Å². The monoisotopic (exact) mass is 215 g/mol. The van der Waals surface area contributed by atoms with Gasteiger partial charge in [0.15, 0.2) is 0 Å². The highest BCUT2D eigenvalue weighted by atomic mass is 19.3. The van der Waals surface area contributed by atoms with Crippen molar-refractivity contribution in [3.8, 4) is 5.75 Å². The van der Waals surface area contributed by atoms with Gasteiger partial charge in [-0.15, -0.1) is 0 Å². The van der Waals surface area contributed by atoms with Gasteiger partial charge >= 0.3 is 0 Å². The maximum absolute atomic E-state index is 12.2. The minimum Gasteiger partial charge on any atom is -0.496 e. The van der Waals surface area contributed by atoms with Crippen LogP contribution in [0, 0.1) is 6.92 Å². The molecule has 1 atom stereocenters. The summed E-state index contributed by atoms with van der Waals surface area (Å²) in [5.74, 6) is 0.703. The molecule has 0 amide bonds. The third-order valence-electron chi connectivity index (χ3n) is 2.27. The number of hydrogen-bond donors (Lipinski definition) is 1. The second-order valence-electron chi connectivity index (χ2n) is 3.51. The number of alkyl halides is 2. The maximum atomic E-state index is 12.2. The molecular weight excluding hydrogens is 200 g/mol. The van der Waals surface area contributed by atoms with Crippen LogP contribution in [0.15, 0.2) is 18.2 Å². The summed E-state index contributed by atoms with van der Waals surface area (Å²) in [5.41, 5.74) is 7.03. The van der Waals surface area contributed by atoms with Crippen LogP contribution in [0.5, 0.6) is 5.75 Å². The van der Waals surface area contributed by atoms with E-state index in [1.807, 2.05) is 13.0 Å². The second kappa shape index (κ2) is 5.07. The SMILES string of the molecule is COc1cc(CC(N)C(F)F)ccc1C. The predicted molar refractivity (Wildman–Crippen MR) is 55.4 cm³/mol. The van der Waals surface area contributed by atoms with E-state index in [4.69, 9.17) is 10.5 Å².